The fourth-order valence-corrected chi connectivity index (χ4v) is 1.09. The van der Waals surface area contributed by atoms with Crippen LogP contribution in [0.3, 0.4) is 0 Å². The first kappa shape index (κ1) is 13.5. The highest BCUT2D eigenvalue weighted by Gasteiger charge is 2.34. The number of nitrogens with one attached hydrogen (secondary N) is 1. The van der Waals surface area contributed by atoms with Crippen molar-refractivity contribution >= 4 is 5.95 Å². The fourth-order valence-electron chi connectivity index (χ4n) is 1.09. The minimum absolute atomic E-state index is 0.0647. The molecule has 1 heterocycles. The molecular formula is C10H14F3N3O. The summed E-state index contributed by atoms with van der Waals surface area (Å²) in [7, 11) is 0. The molecule has 0 aliphatic rings. The zero-order valence-corrected chi connectivity index (χ0v) is 9.64. The lowest BCUT2D eigenvalue weighted by Crippen LogP contribution is -2.13. The van der Waals surface area contributed by atoms with E-state index in [0.717, 1.165) is 6.07 Å². The van der Waals surface area contributed by atoms with E-state index >= 15 is 0 Å². The van der Waals surface area contributed by atoms with Crippen LogP contribution in [0.1, 0.15) is 26.0 Å². The van der Waals surface area contributed by atoms with Crippen molar-refractivity contribution in [1.82, 2.24) is 9.97 Å². The van der Waals surface area contributed by atoms with Gasteiger partial charge in [-0.1, -0.05) is 6.92 Å². The molecule has 96 valence electrons. The molecule has 4 nitrogen and oxygen atoms in total. The number of anilines is 1. The summed E-state index contributed by atoms with van der Waals surface area (Å²) in [5.74, 6) is -0.140. The lowest BCUT2D eigenvalue weighted by molar-refractivity contribution is -0.141. The van der Waals surface area contributed by atoms with Gasteiger partial charge in [-0.25, -0.2) is 4.98 Å². The minimum Gasteiger partial charge on any atom is -0.478 e. The lowest BCUT2D eigenvalue weighted by Gasteiger charge is -2.11. The molecule has 0 unspecified atom stereocenters. The van der Waals surface area contributed by atoms with E-state index in [4.69, 9.17) is 4.74 Å². The summed E-state index contributed by atoms with van der Waals surface area (Å²) < 4.78 is 42.7. The maximum absolute atomic E-state index is 12.5. The van der Waals surface area contributed by atoms with Crippen molar-refractivity contribution in [3.8, 4) is 5.88 Å². The van der Waals surface area contributed by atoms with Crippen LogP contribution in [0.25, 0.3) is 0 Å². The number of aromatic nitrogens is 2. The first-order valence-electron chi connectivity index (χ1n) is 5.30. The Labute approximate surface area is 97.2 Å². The third kappa shape index (κ3) is 4.08. The number of hydrogen-bond acceptors (Lipinski definition) is 4. The Balaban J connectivity index is 3.01. The molecule has 1 aromatic rings. The SMILES string of the molecule is CCCOc1cc(C(F)(F)F)nc(NCC)n1. The highest BCUT2D eigenvalue weighted by molar-refractivity contribution is 5.31. The Kier molecular flexibility index (Phi) is 4.53. The topological polar surface area (TPSA) is 47.0 Å². The van der Waals surface area contributed by atoms with Crippen LogP contribution in [-0.2, 0) is 6.18 Å². The van der Waals surface area contributed by atoms with E-state index in [2.05, 4.69) is 15.3 Å². The normalized spacial score (nSPS) is 11.4. The largest absolute Gasteiger partial charge is 0.478 e. The number of rotatable bonds is 5. The average Bonchev–Trinajstić information content (AvgIpc) is 2.25. The van der Waals surface area contributed by atoms with Crippen molar-refractivity contribution in [1.29, 1.82) is 0 Å². The van der Waals surface area contributed by atoms with Crippen LogP contribution in [0.15, 0.2) is 6.07 Å². The van der Waals surface area contributed by atoms with Gasteiger partial charge in [-0.05, 0) is 13.3 Å². The van der Waals surface area contributed by atoms with Crippen molar-refractivity contribution < 1.29 is 17.9 Å². The summed E-state index contributed by atoms with van der Waals surface area (Å²) in [5.41, 5.74) is -1.01. The molecule has 1 aromatic heterocycles. The van der Waals surface area contributed by atoms with Gasteiger partial charge in [0.15, 0.2) is 5.69 Å². The molecule has 0 saturated heterocycles. The van der Waals surface area contributed by atoms with Crippen LogP contribution < -0.4 is 10.1 Å². The number of hydrogen-bond donors (Lipinski definition) is 1. The van der Waals surface area contributed by atoms with E-state index in [9.17, 15) is 13.2 Å². The molecule has 1 rings (SSSR count). The van der Waals surface area contributed by atoms with E-state index in [1.54, 1.807) is 6.92 Å². The predicted octanol–water partition coefficient (Wildman–Crippen LogP) is 2.72. The van der Waals surface area contributed by atoms with E-state index in [-0.39, 0.29) is 11.8 Å². The van der Waals surface area contributed by atoms with E-state index in [1.807, 2.05) is 6.92 Å². The summed E-state index contributed by atoms with van der Waals surface area (Å²) >= 11 is 0. The molecule has 0 aliphatic carbocycles. The molecule has 1 N–H and O–H groups in total. The second kappa shape index (κ2) is 5.70. The van der Waals surface area contributed by atoms with Crippen molar-refractivity contribution in [3.63, 3.8) is 0 Å². The Bertz CT molecular complexity index is 368. The summed E-state index contributed by atoms with van der Waals surface area (Å²) in [5, 5.41) is 2.63. The lowest BCUT2D eigenvalue weighted by atomic mass is 10.4. The highest BCUT2D eigenvalue weighted by atomic mass is 19.4. The van der Waals surface area contributed by atoms with Gasteiger partial charge in [-0.3, -0.25) is 0 Å². The summed E-state index contributed by atoms with van der Waals surface area (Å²) in [6.45, 7) is 4.36. The van der Waals surface area contributed by atoms with Crippen LogP contribution in [0, 0.1) is 0 Å². The second-order valence-electron chi connectivity index (χ2n) is 3.29. The monoisotopic (exact) mass is 249 g/mol. The van der Waals surface area contributed by atoms with E-state index in [1.165, 1.54) is 0 Å². The van der Waals surface area contributed by atoms with Gasteiger partial charge in [0.05, 0.1) is 6.61 Å². The number of halogens is 3. The van der Waals surface area contributed by atoms with Gasteiger partial charge in [-0.15, -0.1) is 0 Å². The summed E-state index contributed by atoms with van der Waals surface area (Å²) in [6.07, 6.45) is -3.81. The van der Waals surface area contributed by atoms with Crippen molar-refractivity contribution in [2.24, 2.45) is 0 Å². The Morgan fingerprint density at radius 3 is 2.53 bits per heavy atom. The van der Waals surface area contributed by atoms with Crippen LogP contribution in [0.5, 0.6) is 5.88 Å². The van der Waals surface area contributed by atoms with Gasteiger partial charge >= 0.3 is 6.18 Å². The molecule has 7 heteroatoms. The molecule has 17 heavy (non-hydrogen) atoms. The van der Waals surface area contributed by atoms with Gasteiger partial charge in [0.2, 0.25) is 11.8 Å². The maximum atomic E-state index is 12.5. The van der Waals surface area contributed by atoms with Crippen LogP contribution in [0.2, 0.25) is 0 Å². The fraction of sp³-hybridized carbons (Fsp3) is 0.600. The zero-order chi connectivity index (χ0) is 12.9. The van der Waals surface area contributed by atoms with Crippen LogP contribution >= 0.6 is 0 Å². The maximum Gasteiger partial charge on any atom is 0.433 e. The predicted molar refractivity (Wildman–Crippen MR) is 57.0 cm³/mol. The van der Waals surface area contributed by atoms with Gasteiger partial charge in [0.1, 0.15) is 0 Å². The zero-order valence-electron chi connectivity index (χ0n) is 9.64. The Hall–Kier alpha value is -1.53. The van der Waals surface area contributed by atoms with Crippen LogP contribution in [0.4, 0.5) is 19.1 Å². The van der Waals surface area contributed by atoms with Crippen LogP contribution in [-0.4, -0.2) is 23.1 Å². The smallest absolute Gasteiger partial charge is 0.433 e. The van der Waals surface area contributed by atoms with Gasteiger partial charge in [-0.2, -0.15) is 18.2 Å². The summed E-state index contributed by atoms with van der Waals surface area (Å²) in [6, 6.07) is 0.802. The molecule has 0 aromatic carbocycles. The molecule has 0 atom stereocenters. The minimum atomic E-state index is -4.50. The van der Waals surface area contributed by atoms with Gasteiger partial charge in [0.25, 0.3) is 0 Å². The molecule has 0 spiro atoms. The molecule has 0 aliphatic heterocycles. The molecule has 0 fully saturated rings. The van der Waals surface area contributed by atoms with E-state index in [0.29, 0.717) is 19.6 Å². The van der Waals surface area contributed by atoms with Crippen molar-refractivity contribution in [2.45, 2.75) is 26.4 Å². The van der Waals surface area contributed by atoms with Gasteiger partial charge in [0, 0.05) is 12.6 Å². The number of nitrogens with zero attached hydrogens (tertiary/aromatic N) is 2. The Morgan fingerprint density at radius 1 is 1.29 bits per heavy atom. The third-order valence-corrected chi connectivity index (χ3v) is 1.78. The van der Waals surface area contributed by atoms with Crippen molar-refractivity contribution in [3.05, 3.63) is 11.8 Å². The van der Waals surface area contributed by atoms with Crippen molar-refractivity contribution in [2.75, 3.05) is 18.5 Å². The van der Waals surface area contributed by atoms with Gasteiger partial charge < -0.3 is 10.1 Å². The molecule has 0 bridgehead atoms. The second-order valence-corrected chi connectivity index (χ2v) is 3.29. The first-order valence-corrected chi connectivity index (χ1v) is 5.30. The Morgan fingerprint density at radius 2 is 2.00 bits per heavy atom. The highest BCUT2D eigenvalue weighted by Crippen LogP contribution is 2.30. The average molecular weight is 249 g/mol. The molecular weight excluding hydrogens is 235 g/mol. The molecule has 0 amide bonds. The quantitative estimate of drug-likeness (QED) is 0.871. The number of alkyl halides is 3. The third-order valence-electron chi connectivity index (χ3n) is 1.78. The molecule has 0 radical (unpaired) electrons. The summed E-state index contributed by atoms with van der Waals surface area (Å²) in [4.78, 5) is 7.20. The number of ether oxygens (including phenoxy) is 1. The van der Waals surface area contributed by atoms with E-state index < -0.39 is 11.9 Å². The standard InChI is InChI=1S/C10H14F3N3O/c1-3-5-17-8-6-7(10(11,12)13)15-9(16-8)14-4-2/h6H,3-5H2,1-2H3,(H,14,15,16). The molecule has 0 saturated carbocycles. The first-order chi connectivity index (χ1) is 7.97.